The predicted molar refractivity (Wildman–Crippen MR) is 58.6 cm³/mol. The van der Waals surface area contributed by atoms with Gasteiger partial charge in [0, 0.05) is 32.8 Å². The van der Waals surface area contributed by atoms with Crippen molar-refractivity contribution in [2.45, 2.75) is 19.9 Å². The maximum Gasteiger partial charge on any atom is 0.317 e. The van der Waals surface area contributed by atoms with Gasteiger partial charge in [0.1, 0.15) is 0 Å². The Hall–Kier alpha value is -0.810. The average Bonchev–Trinajstić information content (AvgIpc) is 2.42. The maximum atomic E-state index is 11.7. The van der Waals surface area contributed by atoms with E-state index in [0.29, 0.717) is 26.2 Å². The fraction of sp³-hybridized carbons (Fsp3) is 0.900. The zero-order valence-corrected chi connectivity index (χ0v) is 9.75. The first-order valence-electron chi connectivity index (χ1n) is 5.24. The number of likely N-dealkylation sites (tertiary alicyclic amines) is 1. The van der Waals surface area contributed by atoms with Crippen molar-refractivity contribution in [3.05, 3.63) is 0 Å². The van der Waals surface area contributed by atoms with Gasteiger partial charge < -0.3 is 20.7 Å². The van der Waals surface area contributed by atoms with E-state index in [-0.39, 0.29) is 17.5 Å². The SMILES string of the molecule is COCCNC(=O)N1CC(N)C(C)(C)C1. The minimum Gasteiger partial charge on any atom is -0.383 e. The van der Waals surface area contributed by atoms with E-state index in [1.165, 1.54) is 0 Å². The van der Waals surface area contributed by atoms with Crippen molar-refractivity contribution < 1.29 is 9.53 Å². The van der Waals surface area contributed by atoms with Crippen molar-refractivity contribution in [3.8, 4) is 0 Å². The van der Waals surface area contributed by atoms with E-state index in [4.69, 9.17) is 10.5 Å². The number of urea groups is 1. The number of hydrogen-bond donors (Lipinski definition) is 2. The third-order valence-corrected chi connectivity index (χ3v) is 2.89. The quantitative estimate of drug-likeness (QED) is 0.652. The molecule has 3 N–H and O–H groups in total. The molecule has 5 heteroatoms. The summed E-state index contributed by atoms with van der Waals surface area (Å²) in [4.78, 5) is 13.4. The smallest absolute Gasteiger partial charge is 0.317 e. The Kier molecular flexibility index (Phi) is 3.93. The highest BCUT2D eigenvalue weighted by atomic mass is 16.5. The molecule has 0 aromatic heterocycles. The second kappa shape index (κ2) is 4.81. The van der Waals surface area contributed by atoms with E-state index in [2.05, 4.69) is 19.2 Å². The lowest BCUT2D eigenvalue weighted by atomic mass is 9.89. The maximum absolute atomic E-state index is 11.7. The zero-order valence-electron chi connectivity index (χ0n) is 9.75. The van der Waals surface area contributed by atoms with Crippen LogP contribution in [0.4, 0.5) is 4.79 Å². The van der Waals surface area contributed by atoms with Gasteiger partial charge in [0.15, 0.2) is 0 Å². The van der Waals surface area contributed by atoms with E-state index in [9.17, 15) is 4.79 Å². The van der Waals surface area contributed by atoms with Crippen LogP contribution >= 0.6 is 0 Å². The van der Waals surface area contributed by atoms with Crippen LogP contribution in [0.5, 0.6) is 0 Å². The molecule has 2 amide bonds. The monoisotopic (exact) mass is 215 g/mol. The van der Waals surface area contributed by atoms with Gasteiger partial charge in [0.05, 0.1) is 6.61 Å². The largest absolute Gasteiger partial charge is 0.383 e. The van der Waals surface area contributed by atoms with Crippen LogP contribution in [0.3, 0.4) is 0 Å². The number of ether oxygens (including phenoxy) is 1. The van der Waals surface area contributed by atoms with Gasteiger partial charge in [-0.3, -0.25) is 0 Å². The van der Waals surface area contributed by atoms with E-state index >= 15 is 0 Å². The molecule has 0 aliphatic carbocycles. The van der Waals surface area contributed by atoms with Crippen LogP contribution < -0.4 is 11.1 Å². The number of carbonyl (C=O) groups is 1. The van der Waals surface area contributed by atoms with Gasteiger partial charge in [0.25, 0.3) is 0 Å². The topological polar surface area (TPSA) is 67.6 Å². The molecule has 1 rings (SSSR count). The number of nitrogens with one attached hydrogen (secondary N) is 1. The number of nitrogens with zero attached hydrogens (tertiary/aromatic N) is 1. The molecule has 1 saturated heterocycles. The Morgan fingerprint density at radius 1 is 1.67 bits per heavy atom. The Morgan fingerprint density at radius 2 is 2.33 bits per heavy atom. The molecule has 1 fully saturated rings. The van der Waals surface area contributed by atoms with E-state index in [1.807, 2.05) is 0 Å². The van der Waals surface area contributed by atoms with Crippen LogP contribution in [-0.2, 0) is 4.74 Å². The molecule has 1 heterocycles. The molecule has 1 unspecified atom stereocenters. The van der Waals surface area contributed by atoms with Crippen LogP contribution in [-0.4, -0.2) is 50.3 Å². The lowest BCUT2D eigenvalue weighted by Gasteiger charge is -2.21. The number of hydrogen-bond acceptors (Lipinski definition) is 3. The minimum atomic E-state index is -0.0481. The van der Waals surface area contributed by atoms with Crippen molar-refractivity contribution in [2.24, 2.45) is 11.1 Å². The van der Waals surface area contributed by atoms with Gasteiger partial charge in [-0.2, -0.15) is 0 Å². The number of amides is 2. The Morgan fingerprint density at radius 3 is 2.80 bits per heavy atom. The van der Waals surface area contributed by atoms with Crippen LogP contribution in [0.2, 0.25) is 0 Å². The molecule has 1 aliphatic rings. The van der Waals surface area contributed by atoms with Gasteiger partial charge >= 0.3 is 6.03 Å². The van der Waals surface area contributed by atoms with Crippen molar-refractivity contribution in [1.29, 1.82) is 0 Å². The molecule has 0 aromatic rings. The second-order valence-electron chi connectivity index (χ2n) is 4.70. The zero-order chi connectivity index (χ0) is 11.5. The van der Waals surface area contributed by atoms with Crippen LogP contribution in [0.1, 0.15) is 13.8 Å². The molecule has 1 aliphatic heterocycles. The number of rotatable bonds is 3. The minimum absolute atomic E-state index is 0.0125. The molecule has 0 aromatic carbocycles. The third-order valence-electron chi connectivity index (χ3n) is 2.89. The van der Waals surface area contributed by atoms with Crippen LogP contribution in [0, 0.1) is 5.41 Å². The summed E-state index contributed by atoms with van der Waals surface area (Å²) in [6, 6.07) is 0.0127. The van der Waals surface area contributed by atoms with Gasteiger partial charge in [-0.05, 0) is 5.41 Å². The molecular weight excluding hydrogens is 194 g/mol. The molecule has 0 radical (unpaired) electrons. The number of carbonyl (C=O) groups excluding carboxylic acids is 1. The van der Waals surface area contributed by atoms with Crippen molar-refractivity contribution in [2.75, 3.05) is 33.4 Å². The Bertz CT molecular complexity index is 231. The second-order valence-corrected chi connectivity index (χ2v) is 4.70. The molecule has 0 spiro atoms. The lowest BCUT2D eigenvalue weighted by molar-refractivity contribution is 0.182. The summed E-state index contributed by atoms with van der Waals surface area (Å²) in [6.45, 7) is 6.59. The van der Waals surface area contributed by atoms with Gasteiger partial charge in [-0.15, -0.1) is 0 Å². The van der Waals surface area contributed by atoms with Crippen molar-refractivity contribution in [1.82, 2.24) is 10.2 Å². The van der Waals surface area contributed by atoms with Crippen molar-refractivity contribution >= 4 is 6.03 Å². The molecule has 88 valence electrons. The van der Waals surface area contributed by atoms with Gasteiger partial charge in [0.2, 0.25) is 0 Å². The first-order chi connectivity index (χ1) is 6.97. The molecule has 5 nitrogen and oxygen atoms in total. The molecule has 1 atom stereocenters. The summed E-state index contributed by atoms with van der Waals surface area (Å²) in [5.41, 5.74) is 5.96. The summed E-state index contributed by atoms with van der Waals surface area (Å²) in [7, 11) is 1.61. The molecular formula is C10H21N3O2. The number of nitrogens with two attached hydrogens (primary N) is 1. The third kappa shape index (κ3) is 3.07. The normalized spacial score (nSPS) is 24.3. The summed E-state index contributed by atoms with van der Waals surface area (Å²) in [5, 5.41) is 2.79. The fourth-order valence-electron chi connectivity index (χ4n) is 1.68. The van der Waals surface area contributed by atoms with Crippen LogP contribution in [0.25, 0.3) is 0 Å². The highest BCUT2D eigenvalue weighted by molar-refractivity contribution is 5.74. The van der Waals surface area contributed by atoms with Gasteiger partial charge in [-0.1, -0.05) is 13.8 Å². The highest BCUT2D eigenvalue weighted by Gasteiger charge is 2.38. The molecule has 0 bridgehead atoms. The van der Waals surface area contributed by atoms with Gasteiger partial charge in [-0.25, -0.2) is 4.79 Å². The Balaban J connectivity index is 2.36. The summed E-state index contributed by atoms with van der Waals surface area (Å²) in [5.74, 6) is 0. The van der Waals surface area contributed by atoms with E-state index < -0.39 is 0 Å². The molecule has 0 saturated carbocycles. The first kappa shape index (κ1) is 12.3. The Labute approximate surface area is 90.9 Å². The number of methoxy groups -OCH3 is 1. The fourth-order valence-corrected chi connectivity index (χ4v) is 1.68. The van der Waals surface area contributed by atoms with E-state index in [1.54, 1.807) is 12.0 Å². The lowest BCUT2D eigenvalue weighted by Crippen LogP contribution is -2.40. The summed E-state index contributed by atoms with van der Waals surface area (Å²) < 4.78 is 4.86. The average molecular weight is 215 g/mol. The summed E-state index contributed by atoms with van der Waals surface area (Å²) in [6.07, 6.45) is 0. The van der Waals surface area contributed by atoms with E-state index in [0.717, 1.165) is 0 Å². The first-order valence-corrected chi connectivity index (χ1v) is 5.24. The summed E-state index contributed by atoms with van der Waals surface area (Å²) >= 11 is 0. The van der Waals surface area contributed by atoms with Crippen LogP contribution in [0.15, 0.2) is 0 Å². The standard InChI is InChI=1S/C10H21N3O2/c1-10(2)7-13(6-8(10)11)9(14)12-4-5-15-3/h8H,4-7,11H2,1-3H3,(H,12,14). The predicted octanol–water partition coefficient (Wildman–Crippen LogP) is 0.0115. The molecule has 15 heavy (non-hydrogen) atoms. The van der Waals surface area contributed by atoms with Crippen molar-refractivity contribution in [3.63, 3.8) is 0 Å². The highest BCUT2D eigenvalue weighted by Crippen LogP contribution is 2.27.